The molecule has 2 aromatic carbocycles. The Labute approximate surface area is 120 Å². The van der Waals surface area contributed by atoms with E-state index in [-0.39, 0.29) is 0 Å². The van der Waals surface area contributed by atoms with Crippen molar-refractivity contribution >= 4 is 11.8 Å². The first-order valence-electron chi connectivity index (χ1n) is 7.20. The largest absolute Gasteiger partial charge is 0.0895 e. The fraction of sp³-hybridized carbons (Fsp3) is 0.333. The lowest BCUT2D eigenvalue weighted by molar-refractivity contribution is 0.429. The topological polar surface area (TPSA) is 0 Å². The molecular weight excluding hydrogens is 248 g/mol. The van der Waals surface area contributed by atoms with Crippen LogP contribution in [0, 0.1) is 5.92 Å². The lowest BCUT2D eigenvalue weighted by Gasteiger charge is -2.33. The third-order valence-corrected chi connectivity index (χ3v) is 5.43. The van der Waals surface area contributed by atoms with Gasteiger partial charge in [-0.05, 0) is 29.2 Å². The maximum atomic E-state index is 2.32. The molecule has 0 amide bonds. The molecule has 0 bridgehead atoms. The molecule has 0 nitrogen and oxygen atoms in total. The van der Waals surface area contributed by atoms with Gasteiger partial charge in [0.15, 0.2) is 0 Å². The zero-order chi connectivity index (χ0) is 13.2. The van der Waals surface area contributed by atoms with Gasteiger partial charge in [-0.1, -0.05) is 74.8 Å². The number of fused-ring (bicyclic) bond motifs is 2. The van der Waals surface area contributed by atoms with Gasteiger partial charge in [0, 0.05) is 15.7 Å². The van der Waals surface area contributed by atoms with Crippen molar-refractivity contribution in [2.45, 2.75) is 42.4 Å². The summed E-state index contributed by atoms with van der Waals surface area (Å²) < 4.78 is 0. The van der Waals surface area contributed by atoms with Crippen LogP contribution in [-0.2, 0) is 0 Å². The van der Waals surface area contributed by atoms with Crippen LogP contribution >= 0.6 is 11.8 Å². The fourth-order valence-electron chi connectivity index (χ4n) is 3.21. The highest BCUT2D eigenvalue weighted by atomic mass is 32.2. The van der Waals surface area contributed by atoms with Gasteiger partial charge < -0.3 is 0 Å². The molecule has 0 aromatic heterocycles. The Hall–Kier alpha value is -1.21. The predicted molar refractivity (Wildman–Crippen MR) is 82.9 cm³/mol. The first-order chi connectivity index (χ1) is 9.35. The Morgan fingerprint density at radius 2 is 1.32 bits per heavy atom. The summed E-state index contributed by atoms with van der Waals surface area (Å²) in [5.74, 6) is 1.31. The summed E-state index contributed by atoms with van der Waals surface area (Å²) in [6.07, 6.45) is 2.49. The maximum Gasteiger partial charge on any atom is 0.0160 e. The summed E-state index contributed by atoms with van der Waals surface area (Å²) in [5.41, 5.74) is 3.06. The van der Waals surface area contributed by atoms with Crippen LogP contribution in [0.3, 0.4) is 0 Å². The molecule has 98 valence electrons. The van der Waals surface area contributed by atoms with E-state index in [2.05, 4.69) is 62.4 Å². The summed E-state index contributed by atoms with van der Waals surface area (Å²) >= 11 is 1.92. The molecule has 19 heavy (non-hydrogen) atoms. The van der Waals surface area contributed by atoms with Crippen LogP contribution < -0.4 is 0 Å². The minimum atomic E-state index is 0.573. The van der Waals surface area contributed by atoms with Crippen LogP contribution in [0.15, 0.2) is 58.3 Å². The van der Waals surface area contributed by atoms with Crippen molar-refractivity contribution in [3.63, 3.8) is 0 Å². The van der Waals surface area contributed by atoms with Crippen LogP contribution in [0.5, 0.6) is 0 Å². The first-order valence-corrected chi connectivity index (χ1v) is 8.02. The lowest BCUT2D eigenvalue weighted by Crippen LogP contribution is -2.17. The van der Waals surface area contributed by atoms with Crippen molar-refractivity contribution in [3.8, 4) is 0 Å². The molecule has 0 saturated carbocycles. The summed E-state index contributed by atoms with van der Waals surface area (Å²) in [6, 6.07) is 17.9. The molecule has 0 unspecified atom stereocenters. The third-order valence-electron chi connectivity index (χ3n) is 4.25. The van der Waals surface area contributed by atoms with E-state index in [4.69, 9.17) is 0 Å². The van der Waals surface area contributed by atoms with Gasteiger partial charge in [-0.15, -0.1) is 0 Å². The molecule has 0 radical (unpaired) electrons. The standard InChI is InChI=1S/C18H20S/c1-3-13(4-2)18-14-9-5-7-11-16(14)19-17-12-8-6-10-15(17)18/h5-13,18H,3-4H2,1-2H3. The average Bonchev–Trinajstić information content (AvgIpc) is 2.47. The third kappa shape index (κ3) is 2.21. The van der Waals surface area contributed by atoms with Crippen LogP contribution in [0.4, 0.5) is 0 Å². The zero-order valence-corrected chi connectivity index (χ0v) is 12.4. The number of benzene rings is 2. The summed E-state index contributed by atoms with van der Waals surface area (Å²) in [4.78, 5) is 2.89. The van der Waals surface area contributed by atoms with E-state index in [0.29, 0.717) is 5.92 Å². The van der Waals surface area contributed by atoms with Crippen LogP contribution in [-0.4, -0.2) is 0 Å². The second-order valence-corrected chi connectivity index (χ2v) is 6.32. The molecule has 0 spiro atoms. The normalized spacial score (nSPS) is 14.3. The lowest BCUT2D eigenvalue weighted by atomic mass is 9.78. The highest BCUT2D eigenvalue weighted by molar-refractivity contribution is 7.99. The van der Waals surface area contributed by atoms with Gasteiger partial charge >= 0.3 is 0 Å². The van der Waals surface area contributed by atoms with Gasteiger partial charge in [-0.2, -0.15) is 0 Å². The smallest absolute Gasteiger partial charge is 0.0160 e. The number of hydrogen-bond donors (Lipinski definition) is 0. The molecule has 2 aromatic rings. The Kier molecular flexibility index (Phi) is 3.65. The average molecular weight is 268 g/mol. The van der Waals surface area contributed by atoms with Crippen molar-refractivity contribution < 1.29 is 0 Å². The molecule has 0 fully saturated rings. The highest BCUT2D eigenvalue weighted by Gasteiger charge is 2.30. The van der Waals surface area contributed by atoms with E-state index in [9.17, 15) is 0 Å². The Morgan fingerprint density at radius 1 is 0.842 bits per heavy atom. The van der Waals surface area contributed by atoms with E-state index in [1.807, 2.05) is 11.8 Å². The van der Waals surface area contributed by atoms with Gasteiger partial charge in [0.2, 0.25) is 0 Å². The molecule has 1 heterocycles. The summed E-state index contributed by atoms with van der Waals surface area (Å²) in [6.45, 7) is 4.64. The summed E-state index contributed by atoms with van der Waals surface area (Å²) in [7, 11) is 0. The van der Waals surface area contributed by atoms with Crippen LogP contribution in [0.25, 0.3) is 0 Å². The summed E-state index contributed by atoms with van der Waals surface area (Å²) in [5, 5.41) is 0. The molecule has 0 N–H and O–H groups in total. The van der Waals surface area contributed by atoms with E-state index in [0.717, 1.165) is 5.92 Å². The van der Waals surface area contributed by atoms with Crippen molar-refractivity contribution in [3.05, 3.63) is 59.7 Å². The van der Waals surface area contributed by atoms with E-state index < -0.39 is 0 Å². The van der Waals surface area contributed by atoms with Gasteiger partial charge in [0.25, 0.3) is 0 Å². The van der Waals surface area contributed by atoms with Crippen molar-refractivity contribution in [2.75, 3.05) is 0 Å². The Morgan fingerprint density at radius 3 is 1.79 bits per heavy atom. The quantitative estimate of drug-likeness (QED) is 0.686. The molecule has 0 atom stereocenters. The van der Waals surface area contributed by atoms with Crippen LogP contribution in [0.2, 0.25) is 0 Å². The van der Waals surface area contributed by atoms with Gasteiger partial charge in [-0.25, -0.2) is 0 Å². The molecule has 1 aliphatic heterocycles. The predicted octanol–water partition coefficient (Wildman–Crippen LogP) is 5.72. The molecule has 1 aliphatic rings. The number of rotatable bonds is 3. The SMILES string of the molecule is CCC(CC)C1c2ccccc2Sc2ccccc21. The number of hydrogen-bond acceptors (Lipinski definition) is 1. The van der Waals surface area contributed by atoms with E-state index in [1.54, 1.807) is 0 Å². The highest BCUT2D eigenvalue weighted by Crippen LogP contribution is 2.49. The maximum absolute atomic E-state index is 2.32. The minimum absolute atomic E-state index is 0.573. The van der Waals surface area contributed by atoms with Gasteiger partial charge in [0.05, 0.1) is 0 Å². The molecule has 0 saturated heterocycles. The van der Waals surface area contributed by atoms with Gasteiger partial charge in [-0.3, -0.25) is 0 Å². The molecule has 3 rings (SSSR count). The van der Waals surface area contributed by atoms with Crippen LogP contribution in [0.1, 0.15) is 43.7 Å². The van der Waals surface area contributed by atoms with E-state index in [1.165, 1.54) is 33.8 Å². The van der Waals surface area contributed by atoms with Crippen molar-refractivity contribution in [2.24, 2.45) is 5.92 Å². The van der Waals surface area contributed by atoms with Gasteiger partial charge in [0.1, 0.15) is 0 Å². The fourth-order valence-corrected chi connectivity index (χ4v) is 4.37. The minimum Gasteiger partial charge on any atom is -0.0895 e. The Bertz CT molecular complexity index is 524. The first kappa shape index (κ1) is 12.8. The van der Waals surface area contributed by atoms with Crippen molar-refractivity contribution in [1.82, 2.24) is 0 Å². The van der Waals surface area contributed by atoms with E-state index >= 15 is 0 Å². The zero-order valence-electron chi connectivity index (χ0n) is 11.6. The monoisotopic (exact) mass is 268 g/mol. The van der Waals surface area contributed by atoms with Crippen molar-refractivity contribution in [1.29, 1.82) is 0 Å². The molecule has 0 aliphatic carbocycles. The molecular formula is C18H20S. The Balaban J connectivity index is 2.16. The molecule has 1 heteroatoms. The second-order valence-electron chi connectivity index (χ2n) is 5.23. The second kappa shape index (κ2) is 5.42.